The Kier molecular flexibility index (Phi) is 1.61. The van der Waals surface area contributed by atoms with Crippen LogP contribution in [0.3, 0.4) is 0 Å². The molecule has 68 valence electrons. The lowest BCUT2D eigenvalue weighted by Gasteiger charge is -1.94. The Balaban J connectivity index is 2.26. The van der Waals surface area contributed by atoms with E-state index in [1.54, 1.807) is 30.3 Å². The lowest BCUT2D eigenvalue weighted by atomic mass is 10.2. The first-order valence-electron chi connectivity index (χ1n) is 3.53. The van der Waals surface area contributed by atoms with E-state index in [-0.39, 0.29) is 0 Å². The van der Waals surface area contributed by atoms with Gasteiger partial charge in [-0.1, -0.05) is 23.0 Å². The van der Waals surface area contributed by atoms with Gasteiger partial charge in [0.25, 0.3) is 5.91 Å². The third kappa shape index (κ3) is 1.41. The third-order valence-corrected chi connectivity index (χ3v) is 2.59. The molecule has 1 aliphatic heterocycles. The Morgan fingerprint density at radius 2 is 1.77 bits per heavy atom. The van der Waals surface area contributed by atoms with Crippen molar-refractivity contribution >= 4 is 16.1 Å². The van der Waals surface area contributed by atoms with Gasteiger partial charge in [-0.25, -0.2) is 0 Å². The van der Waals surface area contributed by atoms with E-state index >= 15 is 0 Å². The molecule has 1 saturated heterocycles. The Hall–Kier alpha value is -1.40. The maximum absolute atomic E-state index is 11.3. The third-order valence-electron chi connectivity index (χ3n) is 1.61. The first-order valence-corrected chi connectivity index (χ1v) is 4.97. The number of carbonyl (C=O) groups is 1. The summed E-state index contributed by atoms with van der Waals surface area (Å²) in [5, 5.41) is 0. The monoisotopic (exact) mass is 198 g/mol. The van der Waals surface area contributed by atoms with Crippen LogP contribution in [-0.2, 0) is 10.2 Å². The largest absolute Gasteiger partial charge is 0.337 e. The summed E-state index contributed by atoms with van der Waals surface area (Å²) in [6.07, 6.45) is 0. The zero-order valence-electron chi connectivity index (χ0n) is 6.47. The van der Waals surface area contributed by atoms with Crippen LogP contribution in [0.1, 0.15) is 10.4 Å². The summed E-state index contributed by atoms with van der Waals surface area (Å²) < 4.78 is 22.0. The normalized spacial score (nSPS) is 18.3. The Morgan fingerprint density at radius 1 is 1.23 bits per heavy atom. The van der Waals surface area contributed by atoms with Crippen molar-refractivity contribution in [3.8, 4) is 0 Å². The summed E-state index contributed by atoms with van der Waals surface area (Å²) in [5.41, 5.74) is 0.344. The summed E-state index contributed by atoms with van der Waals surface area (Å²) in [7, 11) is -3.47. The number of hydrazine groups is 1. The lowest BCUT2D eigenvalue weighted by molar-refractivity contribution is 0.0889. The van der Waals surface area contributed by atoms with Gasteiger partial charge in [0.05, 0.1) is 0 Å². The van der Waals surface area contributed by atoms with Gasteiger partial charge in [-0.05, 0) is 12.1 Å². The van der Waals surface area contributed by atoms with Crippen LogP contribution in [0.4, 0.5) is 0 Å². The molecule has 2 rings (SSSR count). The molecule has 1 aromatic carbocycles. The van der Waals surface area contributed by atoms with Crippen molar-refractivity contribution in [2.75, 3.05) is 0 Å². The number of nitrogens with zero attached hydrogens (tertiary/aromatic N) is 1. The molecule has 0 aromatic heterocycles. The fraction of sp³-hybridized carbons (Fsp3) is 0. The van der Waals surface area contributed by atoms with E-state index in [1.165, 1.54) is 0 Å². The number of benzene rings is 1. The summed E-state index contributed by atoms with van der Waals surface area (Å²) >= 11 is 0. The second kappa shape index (κ2) is 2.54. The van der Waals surface area contributed by atoms with Crippen LogP contribution >= 0.6 is 0 Å². The quantitative estimate of drug-likeness (QED) is 0.640. The molecule has 1 heterocycles. The van der Waals surface area contributed by atoms with Crippen molar-refractivity contribution in [3.63, 3.8) is 0 Å². The summed E-state index contributed by atoms with van der Waals surface area (Å²) in [4.78, 5) is 13.3. The molecule has 1 aliphatic rings. The highest BCUT2D eigenvalue weighted by Gasteiger charge is 2.44. The zero-order chi connectivity index (χ0) is 9.47. The van der Waals surface area contributed by atoms with Crippen LogP contribution < -0.4 is 4.83 Å². The molecular weight excluding hydrogens is 192 g/mol. The minimum absolute atomic E-state index is 0.344. The Bertz CT molecular complexity index is 440. The van der Waals surface area contributed by atoms with Gasteiger partial charge in [0.1, 0.15) is 0 Å². The second-order valence-electron chi connectivity index (χ2n) is 2.53. The minimum atomic E-state index is -3.47. The molecule has 1 amide bonds. The molecular formula is C7H6N2O3S. The van der Waals surface area contributed by atoms with Gasteiger partial charge in [0, 0.05) is 5.56 Å². The maximum atomic E-state index is 11.3. The van der Waals surface area contributed by atoms with Crippen LogP contribution in [0.2, 0.25) is 0 Å². The van der Waals surface area contributed by atoms with Crippen LogP contribution in [0.5, 0.6) is 0 Å². The number of hydrogen-bond acceptors (Lipinski definition) is 3. The van der Waals surface area contributed by atoms with Crippen molar-refractivity contribution in [3.05, 3.63) is 35.9 Å². The predicted octanol–water partition coefficient (Wildman–Crippen LogP) is -0.108. The van der Waals surface area contributed by atoms with Crippen molar-refractivity contribution in [2.45, 2.75) is 0 Å². The molecule has 0 spiro atoms. The predicted molar refractivity (Wildman–Crippen MR) is 44.7 cm³/mol. The van der Waals surface area contributed by atoms with Crippen LogP contribution in [0.25, 0.3) is 0 Å². The molecule has 0 bridgehead atoms. The first-order chi connectivity index (χ1) is 6.11. The van der Waals surface area contributed by atoms with Crippen molar-refractivity contribution in [1.82, 2.24) is 9.25 Å². The van der Waals surface area contributed by atoms with Crippen LogP contribution in [0, 0.1) is 0 Å². The highest BCUT2D eigenvalue weighted by molar-refractivity contribution is 7.93. The number of amides is 1. The molecule has 0 atom stereocenters. The van der Waals surface area contributed by atoms with E-state index in [9.17, 15) is 13.2 Å². The molecule has 0 aliphatic carbocycles. The summed E-state index contributed by atoms with van der Waals surface area (Å²) in [6.45, 7) is 0. The highest BCUT2D eigenvalue weighted by atomic mass is 32.2. The number of nitrogens with one attached hydrogen (secondary N) is 1. The van der Waals surface area contributed by atoms with E-state index in [0.29, 0.717) is 9.98 Å². The SMILES string of the molecule is O=C(c1ccccc1)N1NS1(=O)=O. The molecule has 1 aromatic rings. The maximum Gasteiger partial charge on any atom is 0.337 e. The van der Waals surface area contributed by atoms with Crippen LogP contribution in [-0.4, -0.2) is 18.7 Å². The molecule has 13 heavy (non-hydrogen) atoms. The number of hydrogen-bond donors (Lipinski definition) is 1. The number of rotatable bonds is 1. The topological polar surface area (TPSA) is 76.2 Å². The van der Waals surface area contributed by atoms with E-state index in [4.69, 9.17) is 0 Å². The van der Waals surface area contributed by atoms with E-state index in [2.05, 4.69) is 0 Å². The number of carbonyl (C=O) groups excluding carboxylic acids is 1. The highest BCUT2D eigenvalue weighted by Crippen LogP contribution is 2.15. The molecule has 0 saturated carbocycles. The van der Waals surface area contributed by atoms with Gasteiger partial charge in [0.15, 0.2) is 0 Å². The fourth-order valence-electron chi connectivity index (χ4n) is 0.937. The van der Waals surface area contributed by atoms with Crippen molar-refractivity contribution < 1.29 is 13.2 Å². The zero-order valence-corrected chi connectivity index (χ0v) is 7.28. The Labute approximate surface area is 75.1 Å². The van der Waals surface area contributed by atoms with Gasteiger partial charge < -0.3 is 0 Å². The van der Waals surface area contributed by atoms with Crippen LogP contribution in [0.15, 0.2) is 30.3 Å². The van der Waals surface area contributed by atoms with Gasteiger partial charge in [0.2, 0.25) is 0 Å². The molecule has 6 heteroatoms. The van der Waals surface area contributed by atoms with Crippen molar-refractivity contribution in [2.24, 2.45) is 0 Å². The average Bonchev–Trinajstić information content (AvgIpc) is 2.76. The second-order valence-corrected chi connectivity index (χ2v) is 4.03. The standard InChI is InChI=1S/C7H6N2O3S/c10-7(9-8-13(9,11)12)6-4-2-1-3-5-6/h1-5,8H. The van der Waals surface area contributed by atoms with Gasteiger partial charge in [-0.2, -0.15) is 8.42 Å². The first kappa shape index (κ1) is 8.21. The fourth-order valence-corrected chi connectivity index (χ4v) is 1.70. The molecule has 0 unspecified atom stereocenters. The molecule has 0 radical (unpaired) electrons. The smallest absolute Gasteiger partial charge is 0.266 e. The lowest BCUT2D eigenvalue weighted by Crippen LogP contribution is -2.13. The van der Waals surface area contributed by atoms with E-state index in [1.807, 2.05) is 4.83 Å². The molecule has 1 fully saturated rings. The minimum Gasteiger partial charge on any atom is -0.266 e. The Morgan fingerprint density at radius 3 is 2.23 bits per heavy atom. The van der Waals surface area contributed by atoms with Gasteiger partial charge in [-0.3, -0.25) is 4.79 Å². The molecule has 5 nitrogen and oxygen atoms in total. The summed E-state index contributed by atoms with van der Waals surface area (Å²) in [6, 6.07) is 8.20. The van der Waals surface area contributed by atoms with E-state index < -0.39 is 16.1 Å². The van der Waals surface area contributed by atoms with Crippen molar-refractivity contribution in [1.29, 1.82) is 0 Å². The average molecular weight is 198 g/mol. The van der Waals surface area contributed by atoms with Gasteiger partial charge in [-0.15, -0.1) is 4.41 Å². The molecule has 1 N–H and O–H groups in total. The van der Waals surface area contributed by atoms with Gasteiger partial charge >= 0.3 is 10.2 Å². The van der Waals surface area contributed by atoms with E-state index in [0.717, 1.165) is 0 Å². The summed E-state index contributed by atoms with van der Waals surface area (Å²) in [5.74, 6) is -0.555.